The molecule has 0 saturated carbocycles. The van der Waals surface area contributed by atoms with E-state index in [-0.39, 0.29) is 5.82 Å². The molecule has 1 aromatic carbocycles. The van der Waals surface area contributed by atoms with Crippen LogP contribution in [0.1, 0.15) is 24.5 Å². The van der Waals surface area contributed by atoms with Gasteiger partial charge in [-0.1, -0.05) is 13.0 Å². The molecule has 1 aliphatic rings. The van der Waals surface area contributed by atoms with Gasteiger partial charge in [-0.3, -0.25) is 0 Å². The maximum Gasteiger partial charge on any atom is 0.123 e. The van der Waals surface area contributed by atoms with E-state index >= 15 is 0 Å². The predicted molar refractivity (Wildman–Crippen MR) is 71.2 cm³/mol. The highest BCUT2D eigenvalue weighted by molar-refractivity contribution is 5.27. The summed E-state index contributed by atoms with van der Waals surface area (Å²) in [6.07, 6.45) is 2.03. The van der Waals surface area contributed by atoms with Crippen LogP contribution in [0.3, 0.4) is 0 Å². The number of rotatable bonds is 4. The highest BCUT2D eigenvalue weighted by atomic mass is 19.1. The van der Waals surface area contributed by atoms with E-state index in [9.17, 15) is 4.39 Å². The molecule has 100 valence electrons. The zero-order valence-corrected chi connectivity index (χ0v) is 11.2. The number of aryl methyl sites for hydroxylation is 1. The lowest BCUT2D eigenvalue weighted by atomic mass is 9.88. The van der Waals surface area contributed by atoms with Gasteiger partial charge in [0.05, 0.1) is 6.61 Å². The third-order valence-corrected chi connectivity index (χ3v) is 3.73. The van der Waals surface area contributed by atoms with Crippen molar-refractivity contribution in [2.75, 3.05) is 19.8 Å². The van der Waals surface area contributed by atoms with Crippen LogP contribution in [-0.4, -0.2) is 25.8 Å². The van der Waals surface area contributed by atoms with E-state index < -0.39 is 0 Å². The lowest BCUT2D eigenvalue weighted by Gasteiger charge is -2.32. The van der Waals surface area contributed by atoms with Crippen LogP contribution in [0.5, 0.6) is 0 Å². The van der Waals surface area contributed by atoms with Crippen molar-refractivity contribution in [1.82, 2.24) is 5.32 Å². The Hall–Kier alpha value is -0.930. The zero-order chi connectivity index (χ0) is 13.0. The summed E-state index contributed by atoms with van der Waals surface area (Å²) < 4.78 is 18.7. The fourth-order valence-electron chi connectivity index (χ4n) is 2.70. The van der Waals surface area contributed by atoms with Gasteiger partial charge in [0.15, 0.2) is 0 Å². The van der Waals surface area contributed by atoms with Crippen LogP contribution < -0.4 is 5.32 Å². The van der Waals surface area contributed by atoms with Crippen LogP contribution in [0.15, 0.2) is 18.2 Å². The normalized spacial score (nSPS) is 24.2. The van der Waals surface area contributed by atoms with Gasteiger partial charge in [-0.05, 0) is 49.6 Å². The molecule has 0 bridgehead atoms. The molecule has 2 unspecified atom stereocenters. The molecular weight excluding hydrogens is 229 g/mol. The van der Waals surface area contributed by atoms with Crippen LogP contribution in [-0.2, 0) is 11.2 Å². The van der Waals surface area contributed by atoms with Crippen molar-refractivity contribution in [3.8, 4) is 0 Å². The van der Waals surface area contributed by atoms with Gasteiger partial charge in [0.1, 0.15) is 5.82 Å². The molecule has 1 aromatic rings. The SMILES string of the molecule is CCNC1CCOCC1Cc1ccc(F)cc1C. The van der Waals surface area contributed by atoms with E-state index in [1.165, 1.54) is 5.56 Å². The lowest BCUT2D eigenvalue weighted by Crippen LogP contribution is -2.43. The first-order valence-corrected chi connectivity index (χ1v) is 6.77. The average Bonchev–Trinajstić information content (AvgIpc) is 2.35. The second kappa shape index (κ2) is 6.30. The molecule has 0 aliphatic carbocycles. The summed E-state index contributed by atoms with van der Waals surface area (Å²) in [7, 11) is 0. The van der Waals surface area contributed by atoms with Gasteiger partial charge < -0.3 is 10.1 Å². The summed E-state index contributed by atoms with van der Waals surface area (Å²) in [4.78, 5) is 0. The minimum absolute atomic E-state index is 0.153. The van der Waals surface area contributed by atoms with Crippen molar-refractivity contribution in [3.63, 3.8) is 0 Å². The fraction of sp³-hybridized carbons (Fsp3) is 0.600. The van der Waals surface area contributed by atoms with Crippen LogP contribution in [0.25, 0.3) is 0 Å². The number of benzene rings is 1. The van der Waals surface area contributed by atoms with E-state index in [0.29, 0.717) is 12.0 Å². The van der Waals surface area contributed by atoms with Crippen molar-refractivity contribution >= 4 is 0 Å². The molecule has 1 N–H and O–H groups in total. The monoisotopic (exact) mass is 251 g/mol. The van der Waals surface area contributed by atoms with E-state index in [4.69, 9.17) is 4.74 Å². The molecule has 1 saturated heterocycles. The largest absolute Gasteiger partial charge is 0.381 e. The molecular formula is C15H22FNO. The Morgan fingerprint density at radius 3 is 3.00 bits per heavy atom. The highest BCUT2D eigenvalue weighted by Gasteiger charge is 2.25. The molecule has 18 heavy (non-hydrogen) atoms. The molecule has 1 aliphatic heterocycles. The molecule has 1 fully saturated rings. The third-order valence-electron chi connectivity index (χ3n) is 3.73. The van der Waals surface area contributed by atoms with Gasteiger partial charge >= 0.3 is 0 Å². The Balaban J connectivity index is 2.06. The van der Waals surface area contributed by atoms with Crippen LogP contribution in [0.2, 0.25) is 0 Å². The second-order valence-corrected chi connectivity index (χ2v) is 5.06. The van der Waals surface area contributed by atoms with Gasteiger partial charge in [0, 0.05) is 18.6 Å². The number of halogens is 1. The molecule has 0 aromatic heterocycles. The van der Waals surface area contributed by atoms with Gasteiger partial charge in [0.2, 0.25) is 0 Å². The highest BCUT2D eigenvalue weighted by Crippen LogP contribution is 2.22. The Bertz CT molecular complexity index is 392. The summed E-state index contributed by atoms with van der Waals surface area (Å²) in [6, 6.07) is 5.59. The van der Waals surface area contributed by atoms with Crippen molar-refractivity contribution < 1.29 is 9.13 Å². The number of ether oxygens (including phenoxy) is 1. The smallest absolute Gasteiger partial charge is 0.123 e. The van der Waals surface area contributed by atoms with E-state index in [1.54, 1.807) is 12.1 Å². The van der Waals surface area contributed by atoms with E-state index in [2.05, 4.69) is 12.2 Å². The minimum atomic E-state index is -0.153. The third kappa shape index (κ3) is 3.30. The summed E-state index contributed by atoms with van der Waals surface area (Å²) in [5.74, 6) is 0.335. The van der Waals surface area contributed by atoms with Gasteiger partial charge in [-0.25, -0.2) is 4.39 Å². The first kappa shape index (κ1) is 13.5. The first-order valence-electron chi connectivity index (χ1n) is 6.77. The molecule has 2 nitrogen and oxygen atoms in total. The Kier molecular flexibility index (Phi) is 4.72. The van der Waals surface area contributed by atoms with Gasteiger partial charge in [-0.15, -0.1) is 0 Å². The average molecular weight is 251 g/mol. The summed E-state index contributed by atoms with van der Waals surface area (Å²) >= 11 is 0. The molecule has 2 rings (SSSR count). The van der Waals surface area contributed by atoms with Crippen LogP contribution in [0, 0.1) is 18.7 Å². The van der Waals surface area contributed by atoms with Crippen LogP contribution >= 0.6 is 0 Å². The molecule has 3 heteroatoms. The Morgan fingerprint density at radius 1 is 1.44 bits per heavy atom. The lowest BCUT2D eigenvalue weighted by molar-refractivity contribution is 0.0326. The zero-order valence-electron chi connectivity index (χ0n) is 11.2. The van der Waals surface area contributed by atoms with E-state index in [1.807, 2.05) is 13.0 Å². The first-order chi connectivity index (χ1) is 8.70. The summed E-state index contributed by atoms with van der Waals surface area (Å²) in [6.45, 7) is 6.74. The number of nitrogens with one attached hydrogen (secondary N) is 1. The standard InChI is InChI=1S/C15H22FNO/c1-3-17-15-6-7-18-10-13(15)9-12-4-5-14(16)8-11(12)2/h4-5,8,13,15,17H,3,6-7,9-10H2,1-2H3. The fourth-order valence-corrected chi connectivity index (χ4v) is 2.70. The molecule has 0 spiro atoms. The van der Waals surface area contributed by atoms with Gasteiger partial charge in [0.25, 0.3) is 0 Å². The Morgan fingerprint density at radius 2 is 2.28 bits per heavy atom. The van der Waals surface area contributed by atoms with Crippen molar-refractivity contribution in [1.29, 1.82) is 0 Å². The van der Waals surface area contributed by atoms with E-state index in [0.717, 1.165) is 38.2 Å². The maximum absolute atomic E-state index is 13.1. The van der Waals surface area contributed by atoms with Gasteiger partial charge in [-0.2, -0.15) is 0 Å². The number of hydrogen-bond donors (Lipinski definition) is 1. The minimum Gasteiger partial charge on any atom is -0.381 e. The van der Waals surface area contributed by atoms with Crippen molar-refractivity contribution in [2.45, 2.75) is 32.7 Å². The predicted octanol–water partition coefficient (Wildman–Crippen LogP) is 2.69. The molecule has 2 atom stereocenters. The summed E-state index contributed by atoms with van der Waals surface area (Å²) in [5.41, 5.74) is 2.27. The number of hydrogen-bond acceptors (Lipinski definition) is 2. The molecule has 1 heterocycles. The van der Waals surface area contributed by atoms with Crippen LogP contribution in [0.4, 0.5) is 4.39 Å². The summed E-state index contributed by atoms with van der Waals surface area (Å²) in [5, 5.41) is 3.53. The Labute approximate surface area is 109 Å². The second-order valence-electron chi connectivity index (χ2n) is 5.06. The quantitative estimate of drug-likeness (QED) is 0.888. The van der Waals surface area contributed by atoms with Crippen molar-refractivity contribution in [3.05, 3.63) is 35.1 Å². The maximum atomic E-state index is 13.1. The topological polar surface area (TPSA) is 21.3 Å². The van der Waals surface area contributed by atoms with Crippen molar-refractivity contribution in [2.24, 2.45) is 5.92 Å². The molecule has 0 amide bonds. The molecule has 0 radical (unpaired) electrons.